The number of rotatable bonds is 7. The molecule has 3 rings (SSSR count). The molecule has 0 aliphatic heterocycles. The number of hydrogen-bond acceptors (Lipinski definition) is 5. The molecule has 0 aliphatic rings. The van der Waals surface area contributed by atoms with Crippen LogP contribution in [-0.2, 0) is 0 Å². The van der Waals surface area contributed by atoms with Crippen molar-refractivity contribution in [1.82, 2.24) is 0 Å². The highest BCUT2D eigenvalue weighted by Crippen LogP contribution is 2.23. The van der Waals surface area contributed by atoms with Gasteiger partial charge in [-0.2, -0.15) is 0 Å². The lowest BCUT2D eigenvalue weighted by molar-refractivity contribution is -0.384. The average molecular weight is 445 g/mol. The number of nitro groups is 1. The van der Waals surface area contributed by atoms with Gasteiger partial charge < -0.3 is 10.1 Å². The largest absolute Gasteiger partial charge is 0.485 e. The Morgan fingerprint density at radius 3 is 2.50 bits per heavy atom. The summed E-state index contributed by atoms with van der Waals surface area (Å²) in [6.07, 6.45) is 0. The topological polar surface area (TPSA) is 98.5 Å². The van der Waals surface area contributed by atoms with E-state index in [1.807, 2.05) is 0 Å². The summed E-state index contributed by atoms with van der Waals surface area (Å²) in [4.78, 5) is 35.0. The van der Waals surface area contributed by atoms with Gasteiger partial charge in [0.05, 0.1) is 9.95 Å². The van der Waals surface area contributed by atoms with Crippen molar-refractivity contribution in [3.05, 3.63) is 98.0 Å². The zero-order valence-corrected chi connectivity index (χ0v) is 16.8. The number of nitrogens with zero attached hydrogens (tertiary/aromatic N) is 1. The Morgan fingerprint density at radius 2 is 1.77 bits per heavy atom. The van der Waals surface area contributed by atoms with Crippen LogP contribution in [0.25, 0.3) is 0 Å². The van der Waals surface area contributed by atoms with Crippen LogP contribution in [0.15, 0.2) is 66.7 Å². The van der Waals surface area contributed by atoms with Crippen molar-refractivity contribution in [2.75, 3.05) is 11.9 Å². The second-order valence-corrected chi connectivity index (χ2v) is 6.97. The smallest absolute Gasteiger partial charge is 0.270 e. The average Bonchev–Trinajstić information content (AvgIpc) is 2.72. The number of halogens is 2. The Balaban J connectivity index is 1.66. The third kappa shape index (κ3) is 5.34. The highest BCUT2D eigenvalue weighted by molar-refractivity contribution is 6.36. The molecule has 152 valence electrons. The molecule has 0 aliphatic carbocycles. The van der Waals surface area contributed by atoms with Crippen LogP contribution in [0.1, 0.15) is 20.7 Å². The standard InChI is InChI=1S/C21H14Cl2N2O5/c22-14-7-8-18(19(23)10-14)20(26)12-30-17-6-2-4-15(11-17)24-21(27)13-3-1-5-16(9-13)25(28)29/h1-11H,12H2,(H,24,27). The summed E-state index contributed by atoms with van der Waals surface area (Å²) < 4.78 is 5.50. The number of ketones is 1. The molecular weight excluding hydrogens is 431 g/mol. The molecule has 7 nitrogen and oxygen atoms in total. The van der Waals surface area contributed by atoms with Crippen LogP contribution in [0.4, 0.5) is 11.4 Å². The molecule has 30 heavy (non-hydrogen) atoms. The van der Waals surface area contributed by atoms with E-state index in [0.29, 0.717) is 16.5 Å². The number of carbonyl (C=O) groups is 2. The van der Waals surface area contributed by atoms with Gasteiger partial charge in [-0.3, -0.25) is 19.7 Å². The summed E-state index contributed by atoms with van der Waals surface area (Å²) >= 11 is 11.9. The van der Waals surface area contributed by atoms with E-state index in [0.717, 1.165) is 0 Å². The Bertz CT molecular complexity index is 1130. The van der Waals surface area contributed by atoms with Gasteiger partial charge in [0.25, 0.3) is 11.6 Å². The fraction of sp³-hybridized carbons (Fsp3) is 0.0476. The molecule has 1 amide bonds. The summed E-state index contributed by atoms with van der Waals surface area (Å²) in [5, 5.41) is 14.1. The number of Topliss-reactive ketones (excluding diaryl/α,β-unsaturated/α-hetero) is 1. The quantitative estimate of drug-likeness (QED) is 0.298. The minimum Gasteiger partial charge on any atom is -0.485 e. The van der Waals surface area contributed by atoms with Gasteiger partial charge in [0.1, 0.15) is 5.75 Å². The molecule has 0 radical (unpaired) electrons. The van der Waals surface area contributed by atoms with Gasteiger partial charge in [-0.25, -0.2) is 0 Å². The summed E-state index contributed by atoms with van der Waals surface area (Å²) in [5.41, 5.74) is 0.652. The molecule has 0 saturated carbocycles. The predicted octanol–water partition coefficient (Wildman–Crippen LogP) is 5.42. The van der Waals surface area contributed by atoms with Crippen LogP contribution in [0.3, 0.4) is 0 Å². The Kier molecular flexibility index (Phi) is 6.66. The minimum atomic E-state index is -0.574. The zero-order valence-electron chi connectivity index (χ0n) is 15.3. The van der Waals surface area contributed by atoms with E-state index < -0.39 is 10.8 Å². The lowest BCUT2D eigenvalue weighted by Crippen LogP contribution is -2.13. The van der Waals surface area contributed by atoms with Crippen molar-refractivity contribution in [1.29, 1.82) is 0 Å². The van der Waals surface area contributed by atoms with Gasteiger partial charge in [0, 0.05) is 40.0 Å². The van der Waals surface area contributed by atoms with Crippen molar-refractivity contribution in [2.24, 2.45) is 0 Å². The van der Waals surface area contributed by atoms with Crippen LogP contribution in [0.5, 0.6) is 5.75 Å². The molecule has 3 aromatic carbocycles. The van der Waals surface area contributed by atoms with Crippen LogP contribution in [0, 0.1) is 10.1 Å². The zero-order chi connectivity index (χ0) is 21.7. The first-order valence-electron chi connectivity index (χ1n) is 8.60. The van der Waals surface area contributed by atoms with Crippen molar-refractivity contribution in [2.45, 2.75) is 0 Å². The van der Waals surface area contributed by atoms with Gasteiger partial charge in [-0.05, 0) is 36.4 Å². The van der Waals surface area contributed by atoms with Crippen LogP contribution in [-0.4, -0.2) is 23.2 Å². The maximum Gasteiger partial charge on any atom is 0.270 e. The number of nitrogens with one attached hydrogen (secondary N) is 1. The maximum absolute atomic E-state index is 12.4. The second kappa shape index (κ2) is 9.39. The third-order valence-corrected chi connectivity index (χ3v) is 4.56. The van der Waals surface area contributed by atoms with Crippen molar-refractivity contribution < 1.29 is 19.2 Å². The summed E-state index contributed by atoms with van der Waals surface area (Å²) in [6, 6.07) is 16.4. The number of non-ortho nitro benzene ring substituents is 1. The van der Waals surface area contributed by atoms with E-state index in [1.165, 1.54) is 42.5 Å². The summed E-state index contributed by atoms with van der Waals surface area (Å²) in [7, 11) is 0. The Morgan fingerprint density at radius 1 is 1.00 bits per heavy atom. The molecule has 0 bridgehead atoms. The molecule has 1 N–H and O–H groups in total. The first-order valence-corrected chi connectivity index (χ1v) is 9.36. The third-order valence-electron chi connectivity index (χ3n) is 4.01. The molecule has 0 heterocycles. The number of benzene rings is 3. The van der Waals surface area contributed by atoms with Gasteiger partial charge in [0.15, 0.2) is 6.61 Å². The van der Waals surface area contributed by atoms with Gasteiger partial charge in [-0.1, -0.05) is 35.3 Å². The molecule has 0 atom stereocenters. The molecular formula is C21H14Cl2N2O5. The van der Waals surface area contributed by atoms with E-state index in [-0.39, 0.29) is 34.2 Å². The molecule has 0 saturated heterocycles. The molecule has 0 unspecified atom stereocenters. The highest BCUT2D eigenvalue weighted by Gasteiger charge is 2.14. The highest BCUT2D eigenvalue weighted by atomic mass is 35.5. The number of carbonyl (C=O) groups excluding carboxylic acids is 2. The van der Waals surface area contributed by atoms with E-state index in [4.69, 9.17) is 27.9 Å². The number of amides is 1. The monoisotopic (exact) mass is 444 g/mol. The Hall–Kier alpha value is -3.42. The number of hydrogen-bond donors (Lipinski definition) is 1. The molecule has 0 fully saturated rings. The molecule has 0 aromatic heterocycles. The van der Waals surface area contributed by atoms with Crippen molar-refractivity contribution in [3.8, 4) is 5.75 Å². The Labute approximate surface area is 181 Å². The van der Waals surface area contributed by atoms with Crippen molar-refractivity contribution >= 4 is 46.3 Å². The number of nitro benzene ring substituents is 1. The molecule has 3 aromatic rings. The second-order valence-electron chi connectivity index (χ2n) is 6.13. The number of ether oxygens (including phenoxy) is 1. The van der Waals surface area contributed by atoms with Gasteiger partial charge in [-0.15, -0.1) is 0 Å². The summed E-state index contributed by atoms with van der Waals surface area (Å²) in [6.45, 7) is -0.260. The fourth-order valence-electron chi connectivity index (χ4n) is 2.57. The van der Waals surface area contributed by atoms with E-state index in [1.54, 1.807) is 24.3 Å². The van der Waals surface area contributed by atoms with Crippen LogP contribution < -0.4 is 10.1 Å². The van der Waals surface area contributed by atoms with E-state index in [9.17, 15) is 19.7 Å². The lowest BCUT2D eigenvalue weighted by Gasteiger charge is -2.10. The van der Waals surface area contributed by atoms with Gasteiger partial charge >= 0.3 is 0 Å². The van der Waals surface area contributed by atoms with E-state index in [2.05, 4.69) is 5.32 Å². The summed E-state index contributed by atoms with van der Waals surface area (Å²) in [5.74, 6) is -0.493. The van der Waals surface area contributed by atoms with Gasteiger partial charge in [0.2, 0.25) is 5.78 Å². The first-order chi connectivity index (χ1) is 14.3. The maximum atomic E-state index is 12.4. The van der Waals surface area contributed by atoms with Crippen LogP contribution >= 0.6 is 23.2 Å². The SMILES string of the molecule is O=C(Nc1cccc(OCC(=O)c2ccc(Cl)cc2Cl)c1)c1cccc([N+](=O)[O-])c1. The molecule has 9 heteroatoms. The lowest BCUT2D eigenvalue weighted by atomic mass is 10.1. The minimum absolute atomic E-state index is 0.142. The normalized spacial score (nSPS) is 10.3. The number of anilines is 1. The fourth-order valence-corrected chi connectivity index (χ4v) is 3.08. The molecule has 0 spiro atoms. The van der Waals surface area contributed by atoms with E-state index >= 15 is 0 Å². The first kappa shape index (κ1) is 21.3. The van der Waals surface area contributed by atoms with Crippen LogP contribution in [0.2, 0.25) is 10.0 Å². The predicted molar refractivity (Wildman–Crippen MR) is 114 cm³/mol. The van der Waals surface area contributed by atoms with Crippen molar-refractivity contribution in [3.63, 3.8) is 0 Å².